The number of carbonyl (C=O) groups is 3. The Bertz CT molecular complexity index is 745. The standard InChI is InChI=1S/C18H22N2O5S/c1-11(2)9-19-16(21)10-20-17(22)15(26-18(20)23)8-12-5-6-13(24-3)14(7-12)25-4/h5-8,11H,9-10H2,1-4H3,(H,19,21)/b15-8-. The summed E-state index contributed by atoms with van der Waals surface area (Å²) in [6, 6.07) is 5.18. The molecule has 7 nitrogen and oxygen atoms in total. The summed E-state index contributed by atoms with van der Waals surface area (Å²) in [4.78, 5) is 37.6. The van der Waals surface area contributed by atoms with Gasteiger partial charge < -0.3 is 14.8 Å². The Hall–Kier alpha value is -2.48. The van der Waals surface area contributed by atoms with Crippen LogP contribution in [0.5, 0.6) is 11.5 Å². The summed E-state index contributed by atoms with van der Waals surface area (Å²) >= 11 is 0.813. The molecule has 0 aromatic heterocycles. The Morgan fingerprint density at radius 3 is 2.54 bits per heavy atom. The van der Waals surface area contributed by atoms with Crippen molar-refractivity contribution in [2.75, 3.05) is 27.3 Å². The highest BCUT2D eigenvalue weighted by Gasteiger charge is 2.36. The Kier molecular flexibility index (Phi) is 6.68. The lowest BCUT2D eigenvalue weighted by Gasteiger charge is -2.13. The number of benzene rings is 1. The molecule has 1 aliphatic heterocycles. The second-order valence-electron chi connectivity index (χ2n) is 6.08. The van der Waals surface area contributed by atoms with Crippen LogP contribution in [-0.4, -0.2) is 49.3 Å². The molecule has 1 aliphatic rings. The molecule has 3 amide bonds. The van der Waals surface area contributed by atoms with E-state index in [2.05, 4.69) is 5.32 Å². The maximum atomic E-state index is 12.5. The number of ether oxygens (including phenoxy) is 2. The highest BCUT2D eigenvalue weighted by atomic mass is 32.2. The fraction of sp³-hybridized carbons (Fsp3) is 0.389. The van der Waals surface area contributed by atoms with Gasteiger partial charge in [-0.05, 0) is 41.5 Å². The van der Waals surface area contributed by atoms with Crippen LogP contribution in [0.15, 0.2) is 23.1 Å². The largest absolute Gasteiger partial charge is 0.493 e. The van der Waals surface area contributed by atoms with E-state index in [9.17, 15) is 14.4 Å². The number of thioether (sulfide) groups is 1. The van der Waals surface area contributed by atoms with Gasteiger partial charge in [0.25, 0.3) is 11.1 Å². The second-order valence-corrected chi connectivity index (χ2v) is 7.07. The van der Waals surface area contributed by atoms with Gasteiger partial charge in [-0.1, -0.05) is 19.9 Å². The topological polar surface area (TPSA) is 84.9 Å². The van der Waals surface area contributed by atoms with Crippen molar-refractivity contribution in [1.29, 1.82) is 0 Å². The normalized spacial score (nSPS) is 15.7. The Balaban J connectivity index is 2.12. The van der Waals surface area contributed by atoms with Crippen molar-refractivity contribution in [1.82, 2.24) is 10.2 Å². The van der Waals surface area contributed by atoms with E-state index in [0.29, 0.717) is 29.5 Å². The first-order valence-corrected chi connectivity index (χ1v) is 8.91. The van der Waals surface area contributed by atoms with Gasteiger partial charge in [0.15, 0.2) is 11.5 Å². The molecule has 0 atom stereocenters. The minimum absolute atomic E-state index is 0.263. The van der Waals surface area contributed by atoms with Gasteiger partial charge >= 0.3 is 0 Å². The van der Waals surface area contributed by atoms with Crippen molar-refractivity contribution < 1.29 is 23.9 Å². The van der Waals surface area contributed by atoms with E-state index in [-0.39, 0.29) is 17.4 Å². The number of amides is 3. The SMILES string of the molecule is COc1ccc(/C=C2\SC(=O)N(CC(=O)NCC(C)C)C2=O)cc1OC. The summed E-state index contributed by atoms with van der Waals surface area (Å²) < 4.78 is 10.4. The molecule has 0 unspecified atom stereocenters. The number of methoxy groups -OCH3 is 2. The molecule has 2 rings (SSSR count). The third kappa shape index (κ3) is 4.78. The van der Waals surface area contributed by atoms with Gasteiger partial charge in [-0.25, -0.2) is 0 Å². The lowest BCUT2D eigenvalue weighted by Crippen LogP contribution is -2.40. The molecule has 0 bridgehead atoms. The van der Waals surface area contributed by atoms with Crippen LogP contribution in [0.4, 0.5) is 4.79 Å². The summed E-state index contributed by atoms with van der Waals surface area (Å²) in [5.74, 6) is 0.551. The van der Waals surface area contributed by atoms with E-state index >= 15 is 0 Å². The molecule has 1 aromatic rings. The molecule has 26 heavy (non-hydrogen) atoms. The first-order chi connectivity index (χ1) is 12.3. The smallest absolute Gasteiger partial charge is 0.294 e. The molecule has 1 heterocycles. The third-order valence-electron chi connectivity index (χ3n) is 3.59. The average Bonchev–Trinajstić information content (AvgIpc) is 2.87. The van der Waals surface area contributed by atoms with Crippen LogP contribution in [0.3, 0.4) is 0 Å². The van der Waals surface area contributed by atoms with Gasteiger partial charge in [0, 0.05) is 6.54 Å². The highest BCUT2D eigenvalue weighted by Crippen LogP contribution is 2.34. The fourth-order valence-electron chi connectivity index (χ4n) is 2.25. The second kappa shape index (κ2) is 8.75. The molecule has 0 radical (unpaired) electrons. The van der Waals surface area contributed by atoms with Gasteiger partial charge in [0.1, 0.15) is 6.54 Å². The zero-order chi connectivity index (χ0) is 19.3. The van der Waals surface area contributed by atoms with E-state index in [0.717, 1.165) is 16.7 Å². The maximum Gasteiger partial charge on any atom is 0.294 e. The fourth-order valence-corrected chi connectivity index (χ4v) is 3.09. The first-order valence-electron chi connectivity index (χ1n) is 8.09. The van der Waals surface area contributed by atoms with Crippen molar-refractivity contribution in [3.05, 3.63) is 28.7 Å². The van der Waals surface area contributed by atoms with Gasteiger partial charge in [-0.15, -0.1) is 0 Å². The lowest BCUT2D eigenvalue weighted by molar-refractivity contribution is -0.129. The number of hydrogen-bond donors (Lipinski definition) is 1. The number of nitrogens with zero attached hydrogens (tertiary/aromatic N) is 1. The van der Waals surface area contributed by atoms with Crippen molar-refractivity contribution in [3.8, 4) is 11.5 Å². The van der Waals surface area contributed by atoms with Crippen LogP contribution < -0.4 is 14.8 Å². The van der Waals surface area contributed by atoms with Gasteiger partial charge in [-0.2, -0.15) is 0 Å². The quantitative estimate of drug-likeness (QED) is 0.734. The van der Waals surface area contributed by atoms with Gasteiger partial charge in [0.2, 0.25) is 5.91 Å². The van der Waals surface area contributed by atoms with Crippen LogP contribution in [0, 0.1) is 5.92 Å². The van der Waals surface area contributed by atoms with Gasteiger partial charge in [-0.3, -0.25) is 19.3 Å². The zero-order valence-electron chi connectivity index (χ0n) is 15.2. The molecule has 0 saturated carbocycles. The van der Waals surface area contributed by atoms with Crippen LogP contribution in [-0.2, 0) is 9.59 Å². The van der Waals surface area contributed by atoms with Gasteiger partial charge in [0.05, 0.1) is 19.1 Å². The maximum absolute atomic E-state index is 12.5. The number of rotatable bonds is 7. The molecular formula is C18H22N2O5S. The monoisotopic (exact) mass is 378 g/mol. The minimum atomic E-state index is -0.477. The Labute approximate surface area is 156 Å². The Morgan fingerprint density at radius 2 is 1.92 bits per heavy atom. The lowest BCUT2D eigenvalue weighted by atomic mass is 10.2. The molecule has 0 aliphatic carbocycles. The molecule has 8 heteroatoms. The summed E-state index contributed by atoms with van der Waals surface area (Å²) in [5, 5.41) is 2.24. The van der Waals surface area contributed by atoms with E-state index in [1.807, 2.05) is 13.8 Å². The minimum Gasteiger partial charge on any atom is -0.493 e. The van der Waals surface area contributed by atoms with Crippen LogP contribution in [0.25, 0.3) is 6.08 Å². The summed E-state index contributed by atoms with van der Waals surface area (Å²) in [5.41, 5.74) is 0.692. The van der Waals surface area contributed by atoms with Crippen molar-refractivity contribution >= 4 is 34.9 Å². The van der Waals surface area contributed by atoms with Crippen LogP contribution >= 0.6 is 11.8 Å². The van der Waals surface area contributed by atoms with Crippen LogP contribution in [0.2, 0.25) is 0 Å². The predicted molar refractivity (Wildman–Crippen MR) is 100 cm³/mol. The average molecular weight is 378 g/mol. The van der Waals surface area contributed by atoms with Crippen molar-refractivity contribution in [3.63, 3.8) is 0 Å². The predicted octanol–water partition coefficient (Wildman–Crippen LogP) is 2.51. The van der Waals surface area contributed by atoms with E-state index < -0.39 is 11.1 Å². The Morgan fingerprint density at radius 1 is 1.23 bits per heavy atom. The first kappa shape index (κ1) is 19.8. The highest BCUT2D eigenvalue weighted by molar-refractivity contribution is 8.18. The number of hydrogen-bond acceptors (Lipinski definition) is 6. The molecule has 1 fully saturated rings. The molecule has 140 valence electrons. The summed E-state index contributed by atoms with van der Waals surface area (Å²) in [6.45, 7) is 4.15. The number of imide groups is 1. The van der Waals surface area contributed by atoms with Crippen LogP contribution in [0.1, 0.15) is 19.4 Å². The van der Waals surface area contributed by atoms with E-state index in [4.69, 9.17) is 9.47 Å². The molecule has 1 N–H and O–H groups in total. The number of carbonyl (C=O) groups excluding carboxylic acids is 3. The van der Waals surface area contributed by atoms with Crippen molar-refractivity contribution in [2.45, 2.75) is 13.8 Å². The van der Waals surface area contributed by atoms with E-state index in [1.54, 1.807) is 24.3 Å². The summed E-state index contributed by atoms with van der Waals surface area (Å²) in [6.07, 6.45) is 1.60. The molecule has 1 aromatic carbocycles. The molecule has 0 spiro atoms. The molecule has 1 saturated heterocycles. The number of nitrogens with one attached hydrogen (secondary N) is 1. The third-order valence-corrected chi connectivity index (χ3v) is 4.50. The molecular weight excluding hydrogens is 356 g/mol. The zero-order valence-corrected chi connectivity index (χ0v) is 16.0. The summed E-state index contributed by atoms with van der Waals surface area (Å²) in [7, 11) is 3.05. The van der Waals surface area contributed by atoms with Crippen molar-refractivity contribution in [2.24, 2.45) is 5.92 Å². The van der Waals surface area contributed by atoms with E-state index in [1.165, 1.54) is 14.2 Å².